The van der Waals surface area contributed by atoms with E-state index in [-0.39, 0.29) is 22.2 Å². The molecule has 14 heteroatoms. The van der Waals surface area contributed by atoms with Crippen LogP contribution in [0.3, 0.4) is 0 Å². The van der Waals surface area contributed by atoms with Gasteiger partial charge in [0.05, 0.1) is 39.9 Å². The molecule has 0 bridgehead atoms. The minimum atomic E-state index is -4.98. The molecule has 9 nitrogen and oxygen atoms in total. The van der Waals surface area contributed by atoms with E-state index in [1.807, 2.05) is 6.26 Å². The second-order valence-corrected chi connectivity index (χ2v) is 9.18. The van der Waals surface area contributed by atoms with E-state index >= 15 is 0 Å². The summed E-state index contributed by atoms with van der Waals surface area (Å²) in [6.45, 7) is 0. The Balaban J connectivity index is 1.61. The van der Waals surface area contributed by atoms with Gasteiger partial charge < -0.3 is 16.0 Å². The van der Waals surface area contributed by atoms with Gasteiger partial charge >= 0.3 is 6.18 Å². The van der Waals surface area contributed by atoms with Gasteiger partial charge in [0.25, 0.3) is 5.91 Å². The van der Waals surface area contributed by atoms with Crippen molar-refractivity contribution >= 4 is 57.8 Å². The van der Waals surface area contributed by atoms with Crippen LogP contribution in [0.15, 0.2) is 66.3 Å². The summed E-state index contributed by atoms with van der Waals surface area (Å²) in [4.78, 5) is 22.4. The van der Waals surface area contributed by atoms with E-state index in [0.717, 1.165) is 11.4 Å². The van der Waals surface area contributed by atoms with E-state index in [1.54, 1.807) is 36.2 Å². The number of pyridine rings is 2. The van der Waals surface area contributed by atoms with Gasteiger partial charge in [-0.05, 0) is 42.3 Å². The minimum Gasteiger partial charge on any atom is -0.350 e. The number of amides is 1. The number of nitrogens with zero attached hydrogens (tertiary/aromatic N) is 5. The lowest BCUT2D eigenvalue weighted by molar-refractivity contribution is -0.114. The summed E-state index contributed by atoms with van der Waals surface area (Å²) in [6, 6.07) is 9.09. The van der Waals surface area contributed by atoms with Crippen molar-refractivity contribution in [2.45, 2.75) is 12.6 Å². The molecule has 4 rings (SSSR count). The summed E-state index contributed by atoms with van der Waals surface area (Å²) in [5.41, 5.74) is -1.05. The van der Waals surface area contributed by atoms with Gasteiger partial charge in [-0.2, -0.15) is 35.1 Å². The molecule has 1 amide bonds. The van der Waals surface area contributed by atoms with Crippen molar-refractivity contribution in [2.24, 2.45) is 0 Å². The number of aromatic nitrogens is 5. The smallest absolute Gasteiger partial charge is 0.350 e. The Bertz CT molecular complexity index is 1520. The molecule has 0 atom stereocenters. The molecule has 0 aliphatic carbocycles. The first-order chi connectivity index (χ1) is 18.2. The van der Waals surface area contributed by atoms with Crippen LogP contribution in [0.1, 0.15) is 5.69 Å². The van der Waals surface area contributed by atoms with Crippen LogP contribution in [0.2, 0.25) is 5.02 Å². The van der Waals surface area contributed by atoms with Crippen molar-refractivity contribution in [3.05, 3.63) is 77.0 Å². The third kappa shape index (κ3) is 6.11. The molecule has 3 aromatic heterocycles. The number of halogens is 4. The number of rotatable bonds is 9. The highest BCUT2D eigenvalue weighted by molar-refractivity contribution is 7.98. The van der Waals surface area contributed by atoms with Gasteiger partial charge in [0.15, 0.2) is 5.82 Å². The van der Waals surface area contributed by atoms with Crippen molar-refractivity contribution in [3.8, 4) is 5.82 Å². The largest absolute Gasteiger partial charge is 0.432 e. The van der Waals surface area contributed by atoms with E-state index < -0.39 is 23.4 Å². The number of hydrogen-bond acceptors (Lipinski definition) is 8. The van der Waals surface area contributed by atoms with Gasteiger partial charge in [0.1, 0.15) is 5.70 Å². The molecule has 0 saturated heterocycles. The SMILES string of the molecule is CSCCc1cnn(-c2ncc(NC(=O)/C(C=N)=C(/Nc3cccc4ncccc34)C(F)(F)F)cc2Cl)n1. The van der Waals surface area contributed by atoms with Crippen LogP contribution < -0.4 is 10.6 Å². The van der Waals surface area contributed by atoms with Crippen molar-refractivity contribution in [1.82, 2.24) is 25.0 Å². The van der Waals surface area contributed by atoms with Crippen LogP contribution in [0.4, 0.5) is 24.5 Å². The average molecular weight is 561 g/mol. The molecule has 38 heavy (non-hydrogen) atoms. The molecule has 0 unspecified atom stereocenters. The molecule has 1 aromatic carbocycles. The van der Waals surface area contributed by atoms with Crippen LogP contribution >= 0.6 is 23.4 Å². The average Bonchev–Trinajstić information content (AvgIpc) is 3.35. The fourth-order valence-electron chi connectivity index (χ4n) is 3.45. The number of alkyl halides is 3. The predicted octanol–water partition coefficient (Wildman–Crippen LogP) is 5.29. The molecule has 0 aliphatic rings. The second-order valence-electron chi connectivity index (χ2n) is 7.78. The molecule has 0 fully saturated rings. The highest BCUT2D eigenvalue weighted by Crippen LogP contribution is 2.32. The fourth-order valence-corrected chi connectivity index (χ4v) is 4.11. The highest BCUT2D eigenvalue weighted by Gasteiger charge is 2.38. The zero-order valence-corrected chi connectivity index (χ0v) is 21.3. The van der Waals surface area contributed by atoms with E-state index in [0.29, 0.717) is 23.5 Å². The number of thioether (sulfide) groups is 1. The lowest BCUT2D eigenvalue weighted by Crippen LogP contribution is -2.27. The lowest BCUT2D eigenvalue weighted by atomic mass is 10.1. The number of aryl methyl sites for hydroxylation is 1. The minimum absolute atomic E-state index is 0.0220. The van der Waals surface area contributed by atoms with Gasteiger partial charge in [-0.15, -0.1) is 4.80 Å². The first-order valence-electron chi connectivity index (χ1n) is 11.0. The molecule has 0 radical (unpaired) electrons. The maximum atomic E-state index is 14.1. The summed E-state index contributed by atoms with van der Waals surface area (Å²) in [5, 5.41) is 21.1. The number of allylic oxidation sites excluding steroid dienone is 1. The molecular formula is C24H20ClF3N8OS. The van der Waals surface area contributed by atoms with Crippen LogP contribution in [0.5, 0.6) is 0 Å². The van der Waals surface area contributed by atoms with Gasteiger partial charge in [-0.1, -0.05) is 17.7 Å². The Morgan fingerprint density at radius 2 is 2.00 bits per heavy atom. The van der Waals surface area contributed by atoms with Gasteiger partial charge in [-0.25, -0.2) is 4.98 Å². The van der Waals surface area contributed by atoms with Crippen molar-refractivity contribution in [3.63, 3.8) is 0 Å². The predicted molar refractivity (Wildman–Crippen MR) is 142 cm³/mol. The third-order valence-electron chi connectivity index (χ3n) is 5.22. The second kappa shape index (κ2) is 11.6. The summed E-state index contributed by atoms with van der Waals surface area (Å²) in [7, 11) is 0. The Labute approximate surface area is 224 Å². The Morgan fingerprint density at radius 3 is 2.71 bits per heavy atom. The summed E-state index contributed by atoms with van der Waals surface area (Å²) >= 11 is 7.96. The molecule has 3 N–H and O–H groups in total. The first kappa shape index (κ1) is 27.1. The standard InChI is InChI=1S/C24H20ClF3N8OS/c1-38-9-7-14-13-32-36(35-14)22-18(25)10-15(12-31-22)33-23(37)17(11-29)21(24(26,27)28)34-20-6-2-5-19-16(20)4-3-8-30-19/h2-6,8,10-13,29,34H,7,9H2,1H3,(H,33,37)/b21-17+,29-11?. The van der Waals surface area contributed by atoms with Crippen LogP contribution in [-0.2, 0) is 11.2 Å². The van der Waals surface area contributed by atoms with Crippen LogP contribution in [0.25, 0.3) is 16.7 Å². The molecule has 3 heterocycles. The molecule has 0 saturated carbocycles. The van der Waals surface area contributed by atoms with E-state index in [2.05, 4.69) is 30.8 Å². The van der Waals surface area contributed by atoms with Crippen LogP contribution in [0, 0.1) is 5.41 Å². The van der Waals surface area contributed by atoms with E-state index in [4.69, 9.17) is 17.0 Å². The van der Waals surface area contributed by atoms with Crippen LogP contribution in [-0.4, -0.2) is 55.3 Å². The van der Waals surface area contributed by atoms with Crippen molar-refractivity contribution in [1.29, 1.82) is 5.41 Å². The number of benzene rings is 1. The molecule has 0 aliphatic heterocycles. The zero-order valence-electron chi connectivity index (χ0n) is 19.8. The maximum Gasteiger partial charge on any atom is 0.432 e. The number of nitrogens with one attached hydrogen (secondary N) is 3. The highest BCUT2D eigenvalue weighted by atomic mass is 35.5. The number of anilines is 2. The van der Waals surface area contributed by atoms with E-state index in [9.17, 15) is 18.0 Å². The number of carbonyl (C=O) groups is 1. The summed E-state index contributed by atoms with van der Waals surface area (Å²) in [5.74, 6) is -0.134. The molecule has 196 valence electrons. The number of carbonyl (C=O) groups excluding carboxylic acids is 1. The fraction of sp³-hybridized carbons (Fsp3) is 0.167. The summed E-state index contributed by atoms with van der Waals surface area (Å²) < 4.78 is 42.2. The quantitative estimate of drug-likeness (QED) is 0.188. The Morgan fingerprint density at radius 1 is 1.18 bits per heavy atom. The van der Waals surface area contributed by atoms with Gasteiger partial charge in [-0.3, -0.25) is 9.78 Å². The Kier molecular flexibility index (Phi) is 8.27. The molecule has 4 aromatic rings. The topological polar surface area (TPSA) is 121 Å². The van der Waals surface area contributed by atoms with Gasteiger partial charge in [0.2, 0.25) is 0 Å². The summed E-state index contributed by atoms with van der Waals surface area (Å²) in [6.07, 6.45) is 2.35. The van der Waals surface area contributed by atoms with Gasteiger partial charge in [0, 0.05) is 29.9 Å². The lowest BCUT2D eigenvalue weighted by Gasteiger charge is -2.18. The maximum absolute atomic E-state index is 14.1. The normalized spacial score (nSPS) is 12.2. The van der Waals surface area contributed by atoms with E-state index in [1.165, 1.54) is 35.4 Å². The number of fused-ring (bicyclic) bond motifs is 1. The molecule has 0 spiro atoms. The third-order valence-corrected chi connectivity index (χ3v) is 6.11. The number of hydrogen-bond donors (Lipinski definition) is 3. The monoisotopic (exact) mass is 560 g/mol. The first-order valence-corrected chi connectivity index (χ1v) is 12.8. The Hall–Kier alpha value is -3.97. The van der Waals surface area contributed by atoms with Crippen molar-refractivity contribution in [2.75, 3.05) is 22.6 Å². The molecular weight excluding hydrogens is 541 g/mol. The zero-order chi connectivity index (χ0) is 27.3. The van der Waals surface area contributed by atoms with Crippen molar-refractivity contribution < 1.29 is 18.0 Å².